The number of aromatic nitrogens is 8. The Morgan fingerprint density at radius 1 is 0.560 bits per heavy atom. The van der Waals surface area contributed by atoms with Crippen LogP contribution in [0.15, 0.2) is 66.5 Å². The van der Waals surface area contributed by atoms with E-state index in [1.807, 2.05) is 27.5 Å². The van der Waals surface area contributed by atoms with Gasteiger partial charge >= 0.3 is 152 Å². The number of methoxy groups -OCH3 is 6. The minimum absolute atomic E-state index is 0. The fourth-order valence-electron chi connectivity index (χ4n) is 9.08. The molecule has 22 heteroatoms. The predicted molar refractivity (Wildman–Crippen MR) is 291 cm³/mol. The molecule has 0 aromatic carbocycles. The second-order valence-corrected chi connectivity index (χ2v) is 30.9. The average Bonchev–Trinajstić information content (AvgIpc) is 4.14. The van der Waals surface area contributed by atoms with E-state index in [1.54, 1.807) is 65.4 Å². The first-order valence-corrected chi connectivity index (χ1v) is 32.4. The van der Waals surface area contributed by atoms with Gasteiger partial charge in [0.2, 0.25) is 5.88 Å². The zero-order valence-electron chi connectivity index (χ0n) is 43.5. The number of nitrogens with zero attached hydrogens (tertiary/aromatic N) is 8. The van der Waals surface area contributed by atoms with Gasteiger partial charge in [0.25, 0.3) is 23.6 Å². The van der Waals surface area contributed by atoms with E-state index in [0.29, 0.717) is 60.3 Å². The summed E-state index contributed by atoms with van der Waals surface area (Å²) in [7, 11) is 9.40. The fourth-order valence-corrected chi connectivity index (χ4v) is 25.3. The van der Waals surface area contributed by atoms with E-state index >= 15 is 0 Å². The third-order valence-corrected chi connectivity index (χ3v) is 28.6. The summed E-state index contributed by atoms with van der Waals surface area (Å²) < 4.78 is 40.7. The first-order chi connectivity index (χ1) is 35.9. The SMILES string of the molecule is C.CCC[CH2][Sn]([CH2]CCC)([CH2]CCC)[c]1cnc(OC)nc1OC.COCCn1cc(C2=C(Cl)C(=O)NC2=O)c2cccnc21.COCCn1cc(C2=C(c3cnc(OC)nc3OC)C(=O)NC2=O)c2cccnc21. The summed E-state index contributed by atoms with van der Waals surface area (Å²) in [5.41, 5.74) is 3.40. The molecular formula is C53H69ClN10O10Sn. The Hall–Kier alpha value is -6.49. The Labute approximate surface area is 446 Å². The maximum atomic E-state index is 12.8. The van der Waals surface area contributed by atoms with Gasteiger partial charge in [0, 0.05) is 80.2 Å². The largest absolute Gasteiger partial charge is 0.480 e. The molecule has 6 aromatic rings. The van der Waals surface area contributed by atoms with Gasteiger partial charge in [-0.25, -0.2) is 15.0 Å². The van der Waals surface area contributed by atoms with Crippen molar-refractivity contribution in [2.45, 2.75) is 93.1 Å². The molecule has 75 heavy (non-hydrogen) atoms. The molecule has 0 aliphatic carbocycles. The molecule has 0 saturated heterocycles. The summed E-state index contributed by atoms with van der Waals surface area (Å²) >= 11 is 3.42. The predicted octanol–water partition coefficient (Wildman–Crippen LogP) is 7.53. The maximum Gasteiger partial charge on any atom is 0.319 e. The Morgan fingerprint density at radius 2 is 1.00 bits per heavy atom. The molecule has 20 nitrogen and oxygen atoms in total. The number of pyridine rings is 2. The van der Waals surface area contributed by atoms with E-state index < -0.39 is 42.0 Å². The van der Waals surface area contributed by atoms with Crippen molar-refractivity contribution in [2.75, 3.05) is 55.9 Å². The molecule has 0 bridgehead atoms. The van der Waals surface area contributed by atoms with Gasteiger partial charge in [-0.1, -0.05) is 19.0 Å². The molecule has 8 rings (SSSR count). The smallest absolute Gasteiger partial charge is 0.319 e. The Morgan fingerprint density at radius 3 is 1.44 bits per heavy atom. The average molecular weight is 1160 g/mol. The number of hydrogen-bond acceptors (Lipinski definition) is 16. The number of rotatable bonds is 23. The topological polar surface area (TPSA) is 235 Å². The molecule has 8 heterocycles. The van der Waals surface area contributed by atoms with Gasteiger partial charge in [0.05, 0.1) is 49.7 Å². The number of imide groups is 2. The van der Waals surface area contributed by atoms with Gasteiger partial charge in [0.1, 0.15) is 16.3 Å². The van der Waals surface area contributed by atoms with Crippen LogP contribution in [-0.2, 0) is 41.7 Å². The van der Waals surface area contributed by atoms with Crippen LogP contribution in [0.1, 0.15) is 83.4 Å². The molecule has 4 amide bonds. The number of unbranched alkanes of at least 4 members (excludes halogenated alkanes) is 3. The van der Waals surface area contributed by atoms with Crippen LogP contribution in [-0.4, -0.2) is 137 Å². The van der Waals surface area contributed by atoms with E-state index in [9.17, 15) is 19.2 Å². The third-order valence-electron chi connectivity index (χ3n) is 12.8. The van der Waals surface area contributed by atoms with E-state index in [4.69, 9.17) is 40.0 Å². The molecule has 402 valence electrons. The van der Waals surface area contributed by atoms with Crippen molar-refractivity contribution in [3.8, 4) is 23.8 Å². The van der Waals surface area contributed by atoms with Crippen LogP contribution in [0.5, 0.6) is 23.8 Å². The molecule has 0 radical (unpaired) electrons. The first-order valence-electron chi connectivity index (χ1n) is 24.5. The fraction of sp³-hybridized carbons (Fsp3) is 0.434. The molecule has 0 saturated carbocycles. The van der Waals surface area contributed by atoms with E-state index in [0.717, 1.165) is 16.7 Å². The minimum Gasteiger partial charge on any atom is -0.480 e. The van der Waals surface area contributed by atoms with Crippen LogP contribution in [0, 0.1) is 0 Å². The number of carbonyl (C=O) groups is 4. The van der Waals surface area contributed by atoms with Crippen molar-refractivity contribution < 1.29 is 47.6 Å². The number of amides is 4. The van der Waals surface area contributed by atoms with Crippen molar-refractivity contribution in [1.82, 2.24) is 49.7 Å². The van der Waals surface area contributed by atoms with Crippen LogP contribution in [0.25, 0.3) is 38.8 Å². The molecule has 0 atom stereocenters. The molecule has 0 unspecified atom stereocenters. The normalized spacial score (nSPS) is 13.3. The summed E-state index contributed by atoms with van der Waals surface area (Å²) in [5.74, 6) is -1.22. The van der Waals surface area contributed by atoms with Crippen LogP contribution < -0.4 is 33.2 Å². The second kappa shape index (κ2) is 28.4. The molecule has 2 N–H and O–H groups in total. The quantitative estimate of drug-likeness (QED) is 0.0466. The summed E-state index contributed by atoms with van der Waals surface area (Å²) in [6, 6.07) is 7.74. The third kappa shape index (κ3) is 13.5. The van der Waals surface area contributed by atoms with Gasteiger partial charge in [-0.15, -0.1) is 0 Å². The summed E-state index contributed by atoms with van der Waals surface area (Å²) in [5, 5.41) is 5.97. The Bertz CT molecular complexity index is 3010. The monoisotopic (exact) mass is 1160 g/mol. The van der Waals surface area contributed by atoms with Gasteiger partial charge in [-0.2, -0.15) is 4.98 Å². The van der Waals surface area contributed by atoms with Crippen molar-refractivity contribution in [2.24, 2.45) is 0 Å². The van der Waals surface area contributed by atoms with Gasteiger partial charge in [0.15, 0.2) is 0 Å². The van der Waals surface area contributed by atoms with Crippen molar-refractivity contribution in [1.29, 1.82) is 0 Å². The van der Waals surface area contributed by atoms with Crippen LogP contribution in [0.3, 0.4) is 0 Å². The van der Waals surface area contributed by atoms with Crippen LogP contribution in [0.4, 0.5) is 0 Å². The Kier molecular flexibility index (Phi) is 22.5. The molecule has 2 aliphatic rings. The molecule has 0 fully saturated rings. The van der Waals surface area contributed by atoms with Crippen LogP contribution in [0.2, 0.25) is 13.3 Å². The number of ether oxygens (including phenoxy) is 6. The zero-order valence-corrected chi connectivity index (χ0v) is 47.1. The first kappa shape index (κ1) is 59.4. The second-order valence-electron chi connectivity index (χ2n) is 17.4. The number of nitrogens with one attached hydrogen (secondary N) is 2. The van der Waals surface area contributed by atoms with Gasteiger partial charge in [-0.05, 0) is 24.3 Å². The Balaban J connectivity index is 0.000000211. The summed E-state index contributed by atoms with van der Waals surface area (Å²) in [4.78, 5) is 74.9. The molecule has 2 aliphatic heterocycles. The number of fused-ring (bicyclic) bond motifs is 2. The summed E-state index contributed by atoms with van der Waals surface area (Å²) in [6.07, 6.45) is 18.1. The van der Waals surface area contributed by atoms with Gasteiger partial charge in [-0.3, -0.25) is 29.8 Å². The molecular weight excluding hydrogens is 1090 g/mol. The standard InChI is InChI=1S/C20H19N5O5.C14H12ClN3O3.C6H7N2O2.3C4H9.CH4.Sn/c1-28-8-7-25-10-13(11-5-4-6-21-16(11)25)15-14(17(26)23-18(15)27)12-9-22-20(30-3)24-19(12)29-2;1-21-6-5-18-7-9(8-3-2-4-16-12(8)18)10-11(15)14(20)17-13(10)19;1-9-5-3-4-7-6(8-5)10-2;3*1-3-4-2;;/h4-6,9-10H,7-8H2,1-3H3,(H,23,26,27);2-4,7H,5-6H2,1H3,(H,17,19,20);4H,1-2H3;3*1,3-4H2,2H3;1H4;. The van der Waals surface area contributed by atoms with Crippen molar-refractivity contribution in [3.63, 3.8) is 0 Å². The minimum atomic E-state index is -2.55. The van der Waals surface area contributed by atoms with E-state index in [2.05, 4.69) is 61.3 Å². The van der Waals surface area contributed by atoms with E-state index in [1.165, 1.54) is 75.8 Å². The van der Waals surface area contributed by atoms with E-state index in [-0.39, 0.29) is 41.1 Å². The van der Waals surface area contributed by atoms with Crippen LogP contribution >= 0.6 is 11.6 Å². The molecule has 6 aromatic heterocycles. The van der Waals surface area contributed by atoms with Gasteiger partial charge < -0.3 is 28.1 Å². The molecule has 0 spiro atoms. The zero-order chi connectivity index (χ0) is 53.4. The van der Waals surface area contributed by atoms with Crippen molar-refractivity contribution in [3.05, 3.63) is 83.2 Å². The number of carbonyl (C=O) groups excluding carboxylic acids is 4. The summed E-state index contributed by atoms with van der Waals surface area (Å²) in [6.45, 7) is 8.98. The van der Waals surface area contributed by atoms with Crippen molar-refractivity contribution >= 4 is 96.0 Å². The maximum absolute atomic E-state index is 12.8. The number of hydrogen-bond donors (Lipinski definition) is 2. The number of halogens is 1.